The van der Waals surface area contributed by atoms with Gasteiger partial charge < -0.3 is 5.32 Å². The molecule has 0 saturated carbocycles. The fourth-order valence-corrected chi connectivity index (χ4v) is 2.51. The van der Waals surface area contributed by atoms with E-state index in [1.165, 1.54) is 4.88 Å². The van der Waals surface area contributed by atoms with Crippen LogP contribution in [0.15, 0.2) is 29.6 Å². The summed E-state index contributed by atoms with van der Waals surface area (Å²) in [5.74, 6) is -0.0267. The van der Waals surface area contributed by atoms with Crippen LogP contribution in [0.5, 0.6) is 0 Å². The number of amides is 1. The van der Waals surface area contributed by atoms with Gasteiger partial charge in [0.25, 0.3) is 5.91 Å². The number of nitrogens with one attached hydrogen (secondary N) is 1. The van der Waals surface area contributed by atoms with Crippen molar-refractivity contribution in [2.45, 2.75) is 20.8 Å². The van der Waals surface area contributed by atoms with Gasteiger partial charge in [0.05, 0.1) is 5.56 Å². The fraction of sp³-hybridized carbons (Fsp3) is 0.214. The van der Waals surface area contributed by atoms with E-state index >= 15 is 0 Å². The normalized spacial score (nSPS) is 10.3. The van der Waals surface area contributed by atoms with Gasteiger partial charge in [0.15, 0.2) is 0 Å². The highest BCUT2D eigenvalue weighted by molar-refractivity contribution is 7.10. The smallest absolute Gasteiger partial charge is 0.256 e. The van der Waals surface area contributed by atoms with E-state index in [0.29, 0.717) is 0 Å². The van der Waals surface area contributed by atoms with Gasteiger partial charge in [-0.3, -0.25) is 4.79 Å². The highest BCUT2D eigenvalue weighted by atomic mass is 32.1. The van der Waals surface area contributed by atoms with Gasteiger partial charge in [-0.05, 0) is 38.0 Å². The molecule has 0 saturated heterocycles. The van der Waals surface area contributed by atoms with E-state index in [-0.39, 0.29) is 5.91 Å². The zero-order chi connectivity index (χ0) is 12.4. The van der Waals surface area contributed by atoms with Crippen LogP contribution in [0.1, 0.15) is 26.4 Å². The molecule has 88 valence electrons. The van der Waals surface area contributed by atoms with E-state index < -0.39 is 0 Å². The van der Waals surface area contributed by atoms with E-state index in [0.717, 1.165) is 22.4 Å². The molecule has 3 heteroatoms. The molecule has 0 radical (unpaired) electrons. The van der Waals surface area contributed by atoms with Crippen LogP contribution in [0.2, 0.25) is 0 Å². The van der Waals surface area contributed by atoms with Crippen LogP contribution in [-0.4, -0.2) is 5.91 Å². The van der Waals surface area contributed by atoms with Crippen LogP contribution in [0.4, 0.5) is 5.69 Å². The lowest BCUT2D eigenvalue weighted by Gasteiger charge is -2.07. The first kappa shape index (κ1) is 11.9. The number of carbonyl (C=O) groups is 1. The Morgan fingerprint density at radius 3 is 2.47 bits per heavy atom. The molecule has 1 N–H and O–H groups in total. The number of rotatable bonds is 2. The number of hydrogen-bond donors (Lipinski definition) is 1. The van der Waals surface area contributed by atoms with Gasteiger partial charge in [0, 0.05) is 15.9 Å². The van der Waals surface area contributed by atoms with Crippen molar-refractivity contribution in [3.63, 3.8) is 0 Å². The average molecular weight is 245 g/mol. The second kappa shape index (κ2) is 4.72. The molecule has 0 atom stereocenters. The summed E-state index contributed by atoms with van der Waals surface area (Å²) < 4.78 is 0. The summed E-state index contributed by atoms with van der Waals surface area (Å²) in [5, 5.41) is 4.86. The standard InChI is InChI=1S/C14H15NOS/c1-9-6-4-5-7-13(9)15-14(16)12-8-17-11(3)10(12)2/h4-8H,1-3H3,(H,15,16). The first-order valence-electron chi connectivity index (χ1n) is 5.51. The summed E-state index contributed by atoms with van der Waals surface area (Å²) in [4.78, 5) is 13.3. The predicted molar refractivity (Wildman–Crippen MR) is 72.9 cm³/mol. The van der Waals surface area contributed by atoms with Crippen molar-refractivity contribution in [2.24, 2.45) is 0 Å². The minimum Gasteiger partial charge on any atom is -0.322 e. The SMILES string of the molecule is Cc1ccccc1NC(=O)c1csc(C)c1C. The maximum absolute atomic E-state index is 12.1. The molecule has 1 aromatic carbocycles. The molecular weight excluding hydrogens is 230 g/mol. The summed E-state index contributed by atoms with van der Waals surface area (Å²) in [6.45, 7) is 6.00. The third-order valence-electron chi connectivity index (χ3n) is 2.92. The Kier molecular flexibility index (Phi) is 3.29. The molecule has 0 aliphatic rings. The van der Waals surface area contributed by atoms with Crippen LogP contribution in [0, 0.1) is 20.8 Å². The zero-order valence-corrected chi connectivity index (χ0v) is 11.0. The van der Waals surface area contributed by atoms with Gasteiger partial charge in [0.2, 0.25) is 0 Å². The van der Waals surface area contributed by atoms with Gasteiger partial charge in [-0.2, -0.15) is 0 Å². The van der Waals surface area contributed by atoms with Gasteiger partial charge in [-0.1, -0.05) is 18.2 Å². The van der Waals surface area contributed by atoms with Crippen LogP contribution < -0.4 is 5.32 Å². The maximum Gasteiger partial charge on any atom is 0.256 e. The van der Waals surface area contributed by atoms with Crippen molar-refractivity contribution in [2.75, 3.05) is 5.32 Å². The Hall–Kier alpha value is -1.61. The van der Waals surface area contributed by atoms with Crippen molar-refractivity contribution in [1.82, 2.24) is 0 Å². The second-order valence-electron chi connectivity index (χ2n) is 4.10. The summed E-state index contributed by atoms with van der Waals surface area (Å²) in [5.41, 5.74) is 3.79. The molecule has 17 heavy (non-hydrogen) atoms. The van der Waals surface area contributed by atoms with Crippen molar-refractivity contribution >= 4 is 22.9 Å². The van der Waals surface area contributed by atoms with E-state index in [1.807, 2.05) is 50.4 Å². The molecule has 1 amide bonds. The summed E-state index contributed by atoms with van der Waals surface area (Å²) in [7, 11) is 0. The quantitative estimate of drug-likeness (QED) is 0.853. The molecule has 0 aliphatic heterocycles. The number of anilines is 1. The Bertz CT molecular complexity index is 557. The maximum atomic E-state index is 12.1. The Morgan fingerprint density at radius 1 is 1.18 bits per heavy atom. The number of benzene rings is 1. The molecule has 0 fully saturated rings. The lowest BCUT2D eigenvalue weighted by molar-refractivity contribution is 0.102. The molecule has 0 unspecified atom stereocenters. The van der Waals surface area contributed by atoms with Crippen LogP contribution >= 0.6 is 11.3 Å². The molecule has 2 aromatic rings. The first-order valence-corrected chi connectivity index (χ1v) is 6.39. The largest absolute Gasteiger partial charge is 0.322 e. The monoisotopic (exact) mass is 245 g/mol. The molecule has 2 rings (SSSR count). The number of aryl methyl sites for hydroxylation is 2. The van der Waals surface area contributed by atoms with Crippen LogP contribution in [-0.2, 0) is 0 Å². The van der Waals surface area contributed by atoms with E-state index in [4.69, 9.17) is 0 Å². The molecular formula is C14H15NOS. The van der Waals surface area contributed by atoms with E-state index in [1.54, 1.807) is 11.3 Å². The lowest BCUT2D eigenvalue weighted by Crippen LogP contribution is -2.13. The van der Waals surface area contributed by atoms with Crippen LogP contribution in [0.25, 0.3) is 0 Å². The Morgan fingerprint density at radius 2 is 1.88 bits per heavy atom. The van der Waals surface area contributed by atoms with E-state index in [2.05, 4.69) is 5.32 Å². The van der Waals surface area contributed by atoms with Crippen LogP contribution in [0.3, 0.4) is 0 Å². The second-order valence-corrected chi connectivity index (χ2v) is 5.18. The Labute approximate surface area is 105 Å². The first-order chi connectivity index (χ1) is 8.09. The number of para-hydroxylation sites is 1. The van der Waals surface area contributed by atoms with Gasteiger partial charge in [-0.25, -0.2) is 0 Å². The van der Waals surface area contributed by atoms with Crippen molar-refractivity contribution in [1.29, 1.82) is 0 Å². The topological polar surface area (TPSA) is 29.1 Å². The highest BCUT2D eigenvalue weighted by Crippen LogP contribution is 2.22. The minimum atomic E-state index is -0.0267. The average Bonchev–Trinajstić information content (AvgIpc) is 2.63. The van der Waals surface area contributed by atoms with Gasteiger partial charge in [0.1, 0.15) is 0 Å². The summed E-state index contributed by atoms with van der Waals surface area (Å²) >= 11 is 1.61. The highest BCUT2D eigenvalue weighted by Gasteiger charge is 2.12. The number of carbonyl (C=O) groups excluding carboxylic acids is 1. The molecule has 1 aromatic heterocycles. The van der Waals surface area contributed by atoms with Crippen molar-refractivity contribution in [3.05, 3.63) is 51.2 Å². The number of thiophene rings is 1. The Balaban J connectivity index is 2.23. The molecule has 2 nitrogen and oxygen atoms in total. The third-order valence-corrected chi connectivity index (χ3v) is 3.94. The van der Waals surface area contributed by atoms with Gasteiger partial charge >= 0.3 is 0 Å². The molecule has 0 bridgehead atoms. The fourth-order valence-electron chi connectivity index (χ4n) is 1.64. The molecule has 0 aliphatic carbocycles. The lowest BCUT2D eigenvalue weighted by atomic mass is 10.1. The third kappa shape index (κ3) is 2.39. The van der Waals surface area contributed by atoms with E-state index in [9.17, 15) is 4.79 Å². The molecule has 1 heterocycles. The van der Waals surface area contributed by atoms with Crippen molar-refractivity contribution in [3.8, 4) is 0 Å². The molecule has 0 spiro atoms. The minimum absolute atomic E-state index is 0.0267. The van der Waals surface area contributed by atoms with Gasteiger partial charge in [-0.15, -0.1) is 11.3 Å². The number of hydrogen-bond acceptors (Lipinski definition) is 2. The summed E-state index contributed by atoms with van der Waals surface area (Å²) in [6.07, 6.45) is 0. The zero-order valence-electron chi connectivity index (χ0n) is 10.2. The predicted octanol–water partition coefficient (Wildman–Crippen LogP) is 3.93. The summed E-state index contributed by atoms with van der Waals surface area (Å²) in [6, 6.07) is 7.79. The van der Waals surface area contributed by atoms with Crippen molar-refractivity contribution < 1.29 is 4.79 Å².